The van der Waals surface area contributed by atoms with Gasteiger partial charge in [0.25, 0.3) is 0 Å². The Kier molecular flexibility index (Phi) is 3.51. The van der Waals surface area contributed by atoms with Crippen molar-refractivity contribution in [2.24, 2.45) is 0 Å². The largest absolute Gasteiger partial charge is 0.455 e. The Morgan fingerprint density at radius 1 is 1.44 bits per heavy atom. The van der Waals surface area contributed by atoms with Gasteiger partial charge < -0.3 is 25.0 Å². The van der Waals surface area contributed by atoms with Crippen LogP contribution in [0.2, 0.25) is 0 Å². The Morgan fingerprint density at radius 3 is 2.78 bits per heavy atom. The molecular weight excluding hydrogens is 358 g/mol. The first-order chi connectivity index (χ1) is 12.8. The number of nitriles is 1. The summed E-state index contributed by atoms with van der Waals surface area (Å²) in [6.07, 6.45) is -2.72. The van der Waals surface area contributed by atoms with Gasteiger partial charge in [0.15, 0.2) is 17.5 Å². The van der Waals surface area contributed by atoms with E-state index in [0.717, 1.165) is 6.92 Å². The van der Waals surface area contributed by atoms with Crippen LogP contribution in [0, 0.1) is 11.3 Å². The molecule has 1 aliphatic heterocycles. The van der Waals surface area contributed by atoms with Crippen LogP contribution < -0.4 is 5.32 Å². The Bertz CT molecular complexity index is 1010. The summed E-state index contributed by atoms with van der Waals surface area (Å²) in [7, 11) is 0. The highest BCUT2D eigenvalue weighted by molar-refractivity contribution is 5.91. The monoisotopic (exact) mass is 373 g/mol. The molecule has 0 aromatic carbocycles. The van der Waals surface area contributed by atoms with Gasteiger partial charge in [-0.2, -0.15) is 10.4 Å². The number of esters is 1. The number of hydrogen-bond donors (Lipinski definition) is 3. The zero-order chi connectivity index (χ0) is 19.6. The maximum absolute atomic E-state index is 11.3. The van der Waals surface area contributed by atoms with Crippen molar-refractivity contribution >= 4 is 23.2 Å². The molecule has 4 rings (SSSR count). The molecule has 11 nitrogen and oxygen atoms in total. The number of aromatic nitrogens is 3. The highest BCUT2D eigenvalue weighted by Gasteiger charge is 2.91. The fraction of sp³-hybridized carbons (Fsp3) is 0.438. The summed E-state index contributed by atoms with van der Waals surface area (Å²) in [4.78, 5) is 26.5. The van der Waals surface area contributed by atoms with E-state index in [0.29, 0.717) is 11.2 Å². The van der Waals surface area contributed by atoms with Crippen molar-refractivity contribution in [3.8, 4) is 6.07 Å². The van der Waals surface area contributed by atoms with E-state index in [4.69, 9.17) is 9.47 Å². The molecule has 1 saturated carbocycles. The van der Waals surface area contributed by atoms with Gasteiger partial charge in [0, 0.05) is 13.8 Å². The minimum absolute atomic E-state index is 0.257. The molecule has 3 N–H and O–H groups in total. The van der Waals surface area contributed by atoms with Crippen LogP contribution in [-0.2, 0) is 19.1 Å². The molecule has 0 radical (unpaired) electrons. The predicted octanol–water partition coefficient (Wildman–Crippen LogP) is -0.941. The molecule has 11 heteroatoms. The number of carbonyl (C=O) groups is 2. The molecule has 5 atom stereocenters. The molecule has 3 heterocycles. The van der Waals surface area contributed by atoms with Crippen molar-refractivity contribution in [3.63, 3.8) is 0 Å². The lowest BCUT2D eigenvalue weighted by molar-refractivity contribution is -0.153. The van der Waals surface area contributed by atoms with Gasteiger partial charge in [-0.05, 0) is 12.1 Å². The minimum atomic E-state index is -2.05. The lowest BCUT2D eigenvalue weighted by Crippen LogP contribution is -2.36. The van der Waals surface area contributed by atoms with Gasteiger partial charge in [0.1, 0.15) is 30.1 Å². The summed E-state index contributed by atoms with van der Waals surface area (Å²) in [5, 5.41) is 37.5. The van der Waals surface area contributed by atoms with Crippen molar-refractivity contribution in [1.29, 1.82) is 5.26 Å². The molecule has 1 aliphatic carbocycles. The number of rotatable bonds is 3. The quantitative estimate of drug-likeness (QED) is 0.577. The van der Waals surface area contributed by atoms with E-state index in [9.17, 15) is 25.1 Å². The number of nitrogens with zero attached hydrogens (tertiary/aromatic N) is 4. The van der Waals surface area contributed by atoms with E-state index in [1.165, 1.54) is 17.8 Å². The molecule has 1 amide bonds. The highest BCUT2D eigenvalue weighted by atomic mass is 16.6. The first-order valence-electron chi connectivity index (χ1n) is 8.03. The molecule has 1 unspecified atom stereocenters. The number of amides is 1. The summed E-state index contributed by atoms with van der Waals surface area (Å²) in [5.74, 6) is -0.766. The fourth-order valence-electron chi connectivity index (χ4n) is 3.62. The Hall–Kier alpha value is -3.07. The van der Waals surface area contributed by atoms with E-state index in [2.05, 4.69) is 15.4 Å². The van der Waals surface area contributed by atoms with Crippen LogP contribution in [-0.4, -0.2) is 60.1 Å². The molecule has 0 bridgehead atoms. The standard InChI is InChI=1S/C16H15N5O6/c1-7(22)20-13-10-4-3-9(21(10)19-6-18-13)11-12(24)16(25)14(26-8(2)23)15(16,5-17)27-11/h3-4,6,11-12,14,24-25H,1-2H3,(H,18,19,20,22)/t11-,12-,14?,15+,16+/m0/s1. The maximum atomic E-state index is 11.3. The molecule has 0 spiro atoms. The third kappa shape index (κ3) is 2.11. The van der Waals surface area contributed by atoms with Crippen LogP contribution in [0.1, 0.15) is 25.6 Å². The SMILES string of the molecule is CC(=O)Nc1ncnn2c([C@@H]3O[C@]4(C#N)C(OC(C)=O)[C@]4(O)[C@H]3O)ccc12. The molecule has 2 fully saturated rings. The van der Waals surface area contributed by atoms with E-state index in [1.807, 2.05) is 6.07 Å². The number of nitrogens with one attached hydrogen (secondary N) is 1. The van der Waals surface area contributed by atoms with Gasteiger partial charge in [0.2, 0.25) is 11.5 Å². The number of fused-ring (bicyclic) bond motifs is 2. The van der Waals surface area contributed by atoms with E-state index in [1.54, 1.807) is 12.1 Å². The molecule has 27 heavy (non-hydrogen) atoms. The van der Waals surface area contributed by atoms with Crippen molar-refractivity contribution in [2.75, 3.05) is 5.32 Å². The van der Waals surface area contributed by atoms with E-state index >= 15 is 0 Å². The molecule has 2 aromatic rings. The third-order valence-corrected chi connectivity index (χ3v) is 4.85. The number of hydrogen-bond acceptors (Lipinski definition) is 9. The van der Waals surface area contributed by atoms with Gasteiger partial charge >= 0.3 is 5.97 Å². The molecule has 1 saturated heterocycles. The van der Waals surface area contributed by atoms with Gasteiger partial charge in [-0.25, -0.2) is 9.50 Å². The fourth-order valence-corrected chi connectivity index (χ4v) is 3.62. The number of aliphatic hydroxyl groups excluding tert-OH is 1. The topological polar surface area (TPSA) is 159 Å². The van der Waals surface area contributed by atoms with Gasteiger partial charge in [-0.3, -0.25) is 9.59 Å². The van der Waals surface area contributed by atoms with Gasteiger partial charge in [-0.15, -0.1) is 0 Å². The van der Waals surface area contributed by atoms with Crippen LogP contribution in [0.25, 0.3) is 5.52 Å². The first kappa shape index (κ1) is 17.3. The third-order valence-electron chi connectivity index (χ3n) is 4.85. The summed E-state index contributed by atoms with van der Waals surface area (Å²) in [6, 6.07) is 4.99. The van der Waals surface area contributed by atoms with Crippen LogP contribution in [0.15, 0.2) is 18.5 Å². The lowest BCUT2D eigenvalue weighted by Gasteiger charge is -2.22. The smallest absolute Gasteiger partial charge is 0.303 e. The average Bonchev–Trinajstić information content (AvgIpc) is 2.90. The van der Waals surface area contributed by atoms with Crippen molar-refractivity contribution < 1.29 is 29.3 Å². The zero-order valence-electron chi connectivity index (χ0n) is 14.3. The maximum Gasteiger partial charge on any atom is 0.303 e. The summed E-state index contributed by atoms with van der Waals surface area (Å²) >= 11 is 0. The minimum Gasteiger partial charge on any atom is -0.455 e. The van der Waals surface area contributed by atoms with Crippen LogP contribution in [0.3, 0.4) is 0 Å². The number of ether oxygens (including phenoxy) is 2. The first-order valence-corrected chi connectivity index (χ1v) is 8.03. The number of anilines is 1. The van der Waals surface area contributed by atoms with Crippen LogP contribution >= 0.6 is 0 Å². The zero-order valence-corrected chi connectivity index (χ0v) is 14.3. The molecule has 2 aromatic heterocycles. The second-order valence-corrected chi connectivity index (χ2v) is 6.49. The second-order valence-electron chi connectivity index (χ2n) is 6.49. The number of carbonyl (C=O) groups excluding carboxylic acids is 2. The van der Waals surface area contributed by atoms with Crippen molar-refractivity contribution in [1.82, 2.24) is 14.6 Å². The Labute approximate surface area is 152 Å². The average molecular weight is 373 g/mol. The van der Waals surface area contributed by atoms with Gasteiger partial charge in [0.05, 0.1) is 5.69 Å². The predicted molar refractivity (Wildman–Crippen MR) is 86.0 cm³/mol. The van der Waals surface area contributed by atoms with Crippen LogP contribution in [0.4, 0.5) is 5.82 Å². The second kappa shape index (κ2) is 5.46. The van der Waals surface area contributed by atoms with Crippen molar-refractivity contribution in [3.05, 3.63) is 24.2 Å². The Balaban J connectivity index is 1.72. The summed E-state index contributed by atoms with van der Waals surface area (Å²) < 4.78 is 12.0. The highest BCUT2D eigenvalue weighted by Crippen LogP contribution is 2.64. The number of aliphatic hydroxyl groups is 2. The molecular formula is C16H15N5O6. The summed E-state index contributed by atoms with van der Waals surface area (Å²) in [6.45, 7) is 2.47. The summed E-state index contributed by atoms with van der Waals surface area (Å²) in [5.41, 5.74) is -3.13. The van der Waals surface area contributed by atoms with E-state index in [-0.39, 0.29) is 11.7 Å². The Morgan fingerprint density at radius 2 is 2.19 bits per heavy atom. The van der Waals surface area contributed by atoms with Crippen molar-refractivity contribution in [2.45, 2.75) is 43.4 Å². The molecule has 2 aliphatic rings. The molecule has 140 valence electrons. The lowest BCUT2D eigenvalue weighted by atomic mass is 10.0. The van der Waals surface area contributed by atoms with E-state index < -0.39 is 35.5 Å². The van der Waals surface area contributed by atoms with Crippen LogP contribution in [0.5, 0.6) is 0 Å². The van der Waals surface area contributed by atoms with Gasteiger partial charge in [-0.1, -0.05) is 0 Å². The normalized spacial score (nSPS) is 34.0.